The molecule has 2 heterocycles. The highest BCUT2D eigenvalue weighted by molar-refractivity contribution is 5.81. The summed E-state index contributed by atoms with van der Waals surface area (Å²) in [5.41, 5.74) is 6.59. The van der Waals surface area contributed by atoms with E-state index in [2.05, 4.69) is 9.97 Å². The first kappa shape index (κ1) is 11.6. The van der Waals surface area contributed by atoms with Crippen LogP contribution in [0.25, 0.3) is 0 Å². The highest BCUT2D eigenvalue weighted by Crippen LogP contribution is 2.21. The summed E-state index contributed by atoms with van der Waals surface area (Å²) in [6.45, 7) is 3.83. The number of hydrogen-bond acceptors (Lipinski definition) is 5. The number of likely N-dealkylation sites (N-methyl/N-ethyl adjacent to an activating group) is 1. The van der Waals surface area contributed by atoms with E-state index < -0.39 is 0 Å². The molecular weight excluding hydrogens is 218 g/mol. The van der Waals surface area contributed by atoms with E-state index in [1.807, 2.05) is 18.9 Å². The van der Waals surface area contributed by atoms with Crippen molar-refractivity contribution >= 4 is 17.5 Å². The largest absolute Gasteiger partial charge is 0.383 e. The lowest BCUT2D eigenvalue weighted by atomic mass is 10.2. The van der Waals surface area contributed by atoms with Gasteiger partial charge in [-0.1, -0.05) is 0 Å². The normalized spacial score (nSPS) is 17.2. The summed E-state index contributed by atoms with van der Waals surface area (Å²) in [5.74, 6) is 1.35. The number of carbonyl (C=O) groups excluding carboxylic acids is 1. The number of rotatable bonds is 1. The Morgan fingerprint density at radius 2 is 2.12 bits per heavy atom. The summed E-state index contributed by atoms with van der Waals surface area (Å²) >= 11 is 0. The minimum absolute atomic E-state index is 0.110. The van der Waals surface area contributed by atoms with Crippen molar-refractivity contribution in [2.75, 3.05) is 37.3 Å². The molecule has 0 saturated carbocycles. The fourth-order valence-electron chi connectivity index (χ4n) is 1.94. The van der Waals surface area contributed by atoms with Crippen molar-refractivity contribution in [2.24, 2.45) is 0 Å². The molecule has 0 aromatic carbocycles. The van der Waals surface area contributed by atoms with Gasteiger partial charge in [0.25, 0.3) is 0 Å². The van der Waals surface area contributed by atoms with Crippen molar-refractivity contribution < 1.29 is 4.79 Å². The third-order valence-electron chi connectivity index (χ3n) is 3.07. The van der Waals surface area contributed by atoms with E-state index in [-0.39, 0.29) is 5.91 Å². The van der Waals surface area contributed by atoms with Crippen LogP contribution in [-0.4, -0.2) is 47.5 Å². The summed E-state index contributed by atoms with van der Waals surface area (Å²) in [6, 6.07) is 0. The summed E-state index contributed by atoms with van der Waals surface area (Å²) < 4.78 is 0. The lowest BCUT2D eigenvalue weighted by molar-refractivity contribution is -0.127. The molecule has 1 aliphatic heterocycles. The van der Waals surface area contributed by atoms with Gasteiger partial charge in [0.05, 0.1) is 6.54 Å². The third kappa shape index (κ3) is 2.30. The molecule has 0 bridgehead atoms. The van der Waals surface area contributed by atoms with E-state index in [4.69, 9.17) is 5.73 Å². The first-order valence-corrected chi connectivity index (χ1v) is 5.65. The van der Waals surface area contributed by atoms with E-state index in [0.717, 1.165) is 30.9 Å². The molecule has 0 radical (unpaired) electrons. The van der Waals surface area contributed by atoms with Gasteiger partial charge in [-0.3, -0.25) is 4.79 Å². The van der Waals surface area contributed by atoms with Gasteiger partial charge < -0.3 is 15.5 Å². The molecule has 1 aromatic heterocycles. The Bertz CT molecular complexity index is 434. The van der Waals surface area contributed by atoms with Crippen molar-refractivity contribution in [3.8, 4) is 0 Å². The predicted octanol–water partition coefficient (Wildman–Crippen LogP) is 0.0357. The Balaban J connectivity index is 2.27. The van der Waals surface area contributed by atoms with Gasteiger partial charge in [0.1, 0.15) is 18.0 Å². The molecule has 2 rings (SSSR count). The SMILES string of the molecule is Cc1c(N)ncnc1N1CCCN(C)C(=O)C1. The number of carbonyl (C=O) groups is 1. The Labute approximate surface area is 100 Å². The molecule has 0 atom stereocenters. The number of aromatic nitrogens is 2. The smallest absolute Gasteiger partial charge is 0.241 e. The molecule has 1 saturated heterocycles. The quantitative estimate of drug-likeness (QED) is 0.743. The van der Waals surface area contributed by atoms with Crippen molar-refractivity contribution in [3.63, 3.8) is 0 Å². The molecule has 2 N–H and O–H groups in total. The number of hydrogen-bond donors (Lipinski definition) is 1. The first-order valence-electron chi connectivity index (χ1n) is 5.65. The van der Waals surface area contributed by atoms with Gasteiger partial charge in [0, 0.05) is 25.7 Å². The minimum atomic E-state index is 0.110. The monoisotopic (exact) mass is 235 g/mol. The molecule has 6 heteroatoms. The molecule has 1 amide bonds. The zero-order chi connectivity index (χ0) is 12.4. The molecule has 1 aliphatic rings. The van der Waals surface area contributed by atoms with Crippen molar-refractivity contribution in [1.82, 2.24) is 14.9 Å². The number of nitrogens with zero attached hydrogens (tertiary/aromatic N) is 4. The number of amides is 1. The minimum Gasteiger partial charge on any atom is -0.383 e. The average molecular weight is 235 g/mol. The third-order valence-corrected chi connectivity index (χ3v) is 3.07. The fraction of sp³-hybridized carbons (Fsp3) is 0.545. The van der Waals surface area contributed by atoms with Crippen LogP contribution < -0.4 is 10.6 Å². The van der Waals surface area contributed by atoms with Crippen LogP contribution in [0.1, 0.15) is 12.0 Å². The molecule has 6 nitrogen and oxygen atoms in total. The Morgan fingerprint density at radius 1 is 1.35 bits per heavy atom. The lowest BCUT2D eigenvalue weighted by Gasteiger charge is -2.22. The van der Waals surface area contributed by atoms with Crippen LogP contribution in [0.2, 0.25) is 0 Å². The molecule has 0 unspecified atom stereocenters. The molecular formula is C11H17N5O. The standard InChI is InChI=1S/C11H17N5O/c1-8-10(12)13-7-14-11(8)16-5-3-4-15(2)9(17)6-16/h7H,3-6H2,1-2H3,(H2,12,13,14). The number of nitrogens with two attached hydrogens (primary N) is 1. The summed E-state index contributed by atoms with van der Waals surface area (Å²) in [4.78, 5) is 23.7. The maximum atomic E-state index is 11.8. The maximum absolute atomic E-state index is 11.8. The van der Waals surface area contributed by atoms with Crippen LogP contribution in [0.4, 0.5) is 11.6 Å². The second-order valence-electron chi connectivity index (χ2n) is 4.30. The predicted molar refractivity (Wildman–Crippen MR) is 65.6 cm³/mol. The second-order valence-corrected chi connectivity index (χ2v) is 4.30. The maximum Gasteiger partial charge on any atom is 0.241 e. The van der Waals surface area contributed by atoms with Gasteiger partial charge in [-0.05, 0) is 13.3 Å². The summed E-state index contributed by atoms with van der Waals surface area (Å²) in [6.07, 6.45) is 2.38. The van der Waals surface area contributed by atoms with Crippen LogP contribution in [-0.2, 0) is 4.79 Å². The Kier molecular flexibility index (Phi) is 3.12. The second kappa shape index (κ2) is 4.57. The first-order chi connectivity index (χ1) is 8.09. The van der Waals surface area contributed by atoms with Crippen molar-refractivity contribution in [1.29, 1.82) is 0 Å². The molecule has 1 aromatic rings. The number of nitrogen functional groups attached to an aromatic ring is 1. The van der Waals surface area contributed by atoms with Crippen molar-refractivity contribution in [3.05, 3.63) is 11.9 Å². The molecule has 0 spiro atoms. The van der Waals surface area contributed by atoms with E-state index in [1.165, 1.54) is 6.33 Å². The zero-order valence-corrected chi connectivity index (χ0v) is 10.2. The highest BCUT2D eigenvalue weighted by atomic mass is 16.2. The van der Waals surface area contributed by atoms with E-state index in [9.17, 15) is 4.79 Å². The lowest BCUT2D eigenvalue weighted by Crippen LogP contribution is -2.35. The van der Waals surface area contributed by atoms with E-state index >= 15 is 0 Å². The Hall–Kier alpha value is -1.85. The van der Waals surface area contributed by atoms with E-state index in [1.54, 1.807) is 4.90 Å². The van der Waals surface area contributed by atoms with Crippen LogP contribution in [0.15, 0.2) is 6.33 Å². The van der Waals surface area contributed by atoms with Crippen molar-refractivity contribution in [2.45, 2.75) is 13.3 Å². The van der Waals surface area contributed by atoms with Crippen LogP contribution in [0.3, 0.4) is 0 Å². The van der Waals surface area contributed by atoms with Gasteiger partial charge >= 0.3 is 0 Å². The van der Waals surface area contributed by atoms with E-state index in [0.29, 0.717) is 12.4 Å². The summed E-state index contributed by atoms with van der Waals surface area (Å²) in [7, 11) is 1.83. The topological polar surface area (TPSA) is 75.3 Å². The molecule has 0 aliphatic carbocycles. The number of anilines is 2. The fourth-order valence-corrected chi connectivity index (χ4v) is 1.94. The van der Waals surface area contributed by atoms with Gasteiger partial charge in [-0.15, -0.1) is 0 Å². The zero-order valence-electron chi connectivity index (χ0n) is 10.2. The van der Waals surface area contributed by atoms with Gasteiger partial charge in [-0.2, -0.15) is 0 Å². The van der Waals surface area contributed by atoms with Gasteiger partial charge in [0.15, 0.2) is 0 Å². The average Bonchev–Trinajstić information content (AvgIpc) is 2.46. The Morgan fingerprint density at radius 3 is 2.88 bits per heavy atom. The summed E-state index contributed by atoms with van der Waals surface area (Å²) in [5, 5.41) is 0. The van der Waals surface area contributed by atoms with Crippen LogP contribution >= 0.6 is 0 Å². The molecule has 1 fully saturated rings. The van der Waals surface area contributed by atoms with Gasteiger partial charge in [0.2, 0.25) is 5.91 Å². The van der Waals surface area contributed by atoms with Crippen LogP contribution in [0.5, 0.6) is 0 Å². The molecule has 17 heavy (non-hydrogen) atoms. The van der Waals surface area contributed by atoms with Crippen LogP contribution in [0, 0.1) is 6.92 Å². The molecule has 92 valence electrons. The van der Waals surface area contributed by atoms with Gasteiger partial charge in [-0.25, -0.2) is 9.97 Å². The highest BCUT2D eigenvalue weighted by Gasteiger charge is 2.21.